The molecule has 4 heteroatoms. The highest BCUT2D eigenvalue weighted by atomic mass is 32.1. The van der Waals surface area contributed by atoms with E-state index in [1.807, 2.05) is 72.0 Å². The first kappa shape index (κ1) is 25.8. The maximum atomic E-state index is 4.98. The zero-order valence-corrected chi connectivity index (χ0v) is 25.0. The topological polar surface area (TPSA) is 38.7 Å². The highest BCUT2D eigenvalue weighted by Crippen LogP contribution is 2.41. The van der Waals surface area contributed by atoms with Crippen molar-refractivity contribution >= 4 is 53.1 Å². The van der Waals surface area contributed by atoms with E-state index in [1.54, 1.807) is 0 Å². The van der Waals surface area contributed by atoms with Crippen molar-refractivity contribution in [1.82, 2.24) is 15.0 Å². The molecule has 0 saturated carbocycles. The lowest BCUT2D eigenvalue weighted by molar-refractivity contribution is 1.07. The van der Waals surface area contributed by atoms with Gasteiger partial charge < -0.3 is 0 Å². The summed E-state index contributed by atoms with van der Waals surface area (Å²) < 4.78 is 2.56. The van der Waals surface area contributed by atoms with Crippen molar-refractivity contribution in [2.75, 3.05) is 0 Å². The van der Waals surface area contributed by atoms with Gasteiger partial charge in [-0.3, -0.25) is 0 Å². The van der Waals surface area contributed by atoms with Crippen LogP contribution in [0, 0.1) is 0 Å². The van der Waals surface area contributed by atoms with Crippen LogP contribution in [0.4, 0.5) is 0 Å². The SMILES string of the molecule is c1ccc(-c2nc(-c3ccccc3)nc(-c3ccc4ccc5c6cc(-c7cccc8ccccc78)ccc6sc5c4c3)n2)cc1. The molecule has 2 heterocycles. The van der Waals surface area contributed by atoms with Crippen molar-refractivity contribution in [3.8, 4) is 45.3 Å². The molecule has 0 spiro atoms. The van der Waals surface area contributed by atoms with Gasteiger partial charge in [0, 0.05) is 42.2 Å². The Balaban J connectivity index is 1.22. The summed E-state index contributed by atoms with van der Waals surface area (Å²) >= 11 is 1.85. The van der Waals surface area contributed by atoms with E-state index in [0.29, 0.717) is 17.5 Å². The van der Waals surface area contributed by atoms with Crippen molar-refractivity contribution in [3.05, 3.63) is 152 Å². The molecule has 0 N–H and O–H groups in total. The van der Waals surface area contributed by atoms with Crippen LogP contribution in [0.1, 0.15) is 0 Å². The number of benzene rings is 7. The number of fused-ring (bicyclic) bond motifs is 6. The molecule has 0 saturated heterocycles. The molecule has 0 atom stereocenters. The first-order valence-corrected chi connectivity index (χ1v) is 15.8. The Bertz CT molecular complexity index is 2470. The second-order valence-electron chi connectivity index (χ2n) is 11.3. The molecule has 3 nitrogen and oxygen atoms in total. The molecular weight excluding hydrogens is 567 g/mol. The van der Waals surface area contributed by atoms with Crippen LogP contribution < -0.4 is 0 Å². The fourth-order valence-corrected chi connectivity index (χ4v) is 7.48. The number of hydrogen-bond donors (Lipinski definition) is 0. The van der Waals surface area contributed by atoms with Gasteiger partial charge in [-0.25, -0.2) is 15.0 Å². The summed E-state index contributed by atoms with van der Waals surface area (Å²) in [6, 6.07) is 53.4. The van der Waals surface area contributed by atoms with E-state index in [2.05, 4.69) is 91.0 Å². The van der Waals surface area contributed by atoms with Crippen molar-refractivity contribution in [2.24, 2.45) is 0 Å². The Labute approximate surface area is 264 Å². The summed E-state index contributed by atoms with van der Waals surface area (Å²) in [6.45, 7) is 0. The van der Waals surface area contributed by atoms with E-state index in [-0.39, 0.29) is 0 Å². The molecule has 2 aromatic heterocycles. The van der Waals surface area contributed by atoms with Crippen molar-refractivity contribution in [2.45, 2.75) is 0 Å². The zero-order chi connectivity index (χ0) is 29.7. The van der Waals surface area contributed by atoms with Crippen molar-refractivity contribution < 1.29 is 0 Å². The third-order valence-corrected chi connectivity index (χ3v) is 9.73. The third kappa shape index (κ3) is 4.46. The summed E-state index contributed by atoms with van der Waals surface area (Å²) in [5.41, 5.74) is 5.40. The molecule has 0 radical (unpaired) electrons. The van der Waals surface area contributed by atoms with Crippen LogP contribution in [0.15, 0.2) is 152 Å². The first-order valence-electron chi connectivity index (χ1n) is 15.0. The monoisotopic (exact) mass is 591 g/mol. The van der Waals surface area contributed by atoms with Gasteiger partial charge in [0.25, 0.3) is 0 Å². The van der Waals surface area contributed by atoms with E-state index in [9.17, 15) is 0 Å². The molecule has 0 aliphatic carbocycles. The lowest BCUT2D eigenvalue weighted by atomic mass is 9.96. The van der Waals surface area contributed by atoms with Crippen LogP contribution >= 0.6 is 11.3 Å². The number of rotatable bonds is 4. The molecule has 9 aromatic rings. The van der Waals surface area contributed by atoms with Gasteiger partial charge in [-0.1, -0.05) is 133 Å². The van der Waals surface area contributed by atoms with E-state index < -0.39 is 0 Å². The van der Waals surface area contributed by atoms with Crippen LogP contribution in [0.25, 0.3) is 87.0 Å². The van der Waals surface area contributed by atoms with Gasteiger partial charge in [-0.2, -0.15) is 0 Å². The molecule has 210 valence electrons. The molecule has 0 fully saturated rings. The molecule has 0 aliphatic heterocycles. The van der Waals surface area contributed by atoms with Crippen LogP contribution in [0.2, 0.25) is 0 Å². The fourth-order valence-electron chi connectivity index (χ4n) is 6.28. The van der Waals surface area contributed by atoms with E-state index >= 15 is 0 Å². The summed E-state index contributed by atoms with van der Waals surface area (Å²) in [5.74, 6) is 2.00. The predicted octanol–water partition coefficient (Wildman–Crippen LogP) is 11.2. The van der Waals surface area contributed by atoms with E-state index in [0.717, 1.165) is 16.7 Å². The molecule has 0 amide bonds. The predicted molar refractivity (Wildman–Crippen MR) is 189 cm³/mol. The second-order valence-corrected chi connectivity index (χ2v) is 12.3. The first-order chi connectivity index (χ1) is 22.3. The minimum Gasteiger partial charge on any atom is -0.208 e. The summed E-state index contributed by atoms with van der Waals surface area (Å²) in [6.07, 6.45) is 0. The van der Waals surface area contributed by atoms with Crippen molar-refractivity contribution in [3.63, 3.8) is 0 Å². The Kier molecular flexibility index (Phi) is 6.00. The molecular formula is C41H25N3S. The van der Waals surface area contributed by atoms with Gasteiger partial charge >= 0.3 is 0 Å². The molecule has 0 bridgehead atoms. The maximum absolute atomic E-state index is 4.98. The van der Waals surface area contributed by atoms with Gasteiger partial charge in [0.1, 0.15) is 0 Å². The van der Waals surface area contributed by atoms with Crippen LogP contribution in [0.5, 0.6) is 0 Å². The largest absolute Gasteiger partial charge is 0.208 e. The standard InChI is InChI=1S/C41H25N3S/c1-3-11-28(12-4-1)39-42-40(29-13-5-2-6-14-29)44-41(43-39)31-19-18-27-20-22-34-36-24-30(21-23-37(36)45-38(34)35(27)25-31)33-17-9-15-26-10-7-8-16-32(26)33/h1-25H. The van der Waals surface area contributed by atoms with Crippen molar-refractivity contribution in [1.29, 1.82) is 0 Å². The third-order valence-electron chi connectivity index (χ3n) is 8.51. The molecule has 0 unspecified atom stereocenters. The molecule has 9 rings (SSSR count). The zero-order valence-electron chi connectivity index (χ0n) is 24.2. The number of thiophene rings is 1. The Morgan fingerprint density at radius 1 is 0.356 bits per heavy atom. The van der Waals surface area contributed by atoms with Crippen LogP contribution in [-0.4, -0.2) is 15.0 Å². The lowest BCUT2D eigenvalue weighted by Crippen LogP contribution is -2.00. The normalized spacial score (nSPS) is 11.6. The lowest BCUT2D eigenvalue weighted by Gasteiger charge is -2.09. The average Bonchev–Trinajstić information content (AvgIpc) is 3.50. The molecule has 45 heavy (non-hydrogen) atoms. The maximum Gasteiger partial charge on any atom is 0.164 e. The van der Waals surface area contributed by atoms with E-state index in [4.69, 9.17) is 15.0 Å². The number of nitrogens with zero attached hydrogens (tertiary/aromatic N) is 3. The fraction of sp³-hybridized carbons (Fsp3) is 0. The smallest absolute Gasteiger partial charge is 0.164 e. The number of aromatic nitrogens is 3. The summed E-state index contributed by atoms with van der Waals surface area (Å²) in [4.78, 5) is 14.8. The minimum absolute atomic E-state index is 0.667. The average molecular weight is 592 g/mol. The Morgan fingerprint density at radius 3 is 1.69 bits per heavy atom. The van der Waals surface area contributed by atoms with Crippen LogP contribution in [-0.2, 0) is 0 Å². The minimum atomic E-state index is 0.667. The highest BCUT2D eigenvalue weighted by molar-refractivity contribution is 7.26. The number of hydrogen-bond acceptors (Lipinski definition) is 4. The Morgan fingerprint density at radius 2 is 0.933 bits per heavy atom. The quantitative estimate of drug-likeness (QED) is 0.204. The summed E-state index contributed by atoms with van der Waals surface area (Å²) in [7, 11) is 0. The van der Waals surface area contributed by atoms with Gasteiger partial charge in [-0.15, -0.1) is 11.3 Å². The van der Waals surface area contributed by atoms with E-state index in [1.165, 1.54) is 52.8 Å². The molecule has 0 aliphatic rings. The van der Waals surface area contributed by atoms with Gasteiger partial charge in [0.15, 0.2) is 17.5 Å². The highest BCUT2D eigenvalue weighted by Gasteiger charge is 2.15. The van der Waals surface area contributed by atoms with Gasteiger partial charge in [0.2, 0.25) is 0 Å². The van der Waals surface area contributed by atoms with Gasteiger partial charge in [-0.05, 0) is 45.5 Å². The van der Waals surface area contributed by atoms with Gasteiger partial charge in [0.05, 0.1) is 0 Å². The molecule has 7 aromatic carbocycles. The Hall–Kier alpha value is -5.71. The summed E-state index contributed by atoms with van der Waals surface area (Å²) in [5, 5.41) is 7.50. The second kappa shape index (κ2) is 10.5. The van der Waals surface area contributed by atoms with Crippen LogP contribution in [0.3, 0.4) is 0 Å².